The number of hydrogen-bond acceptors (Lipinski definition) is 6. The van der Waals surface area contributed by atoms with Crippen LogP contribution in [0.25, 0.3) is 5.82 Å². The minimum atomic E-state index is -0.878. The standard InChI is InChI=1S/C23H23BrCl2N6O4/c1-5-17(23(35)31(3)4)36-30-21(33)14-10-13(25)9-12(2)19(14)28-22(34)16-11-18(24)29-32(16)20-15(26)7-6-8-27-20/h6-11,17H,5H2,1-4H3,(H,28,34)(H,30,33). The maximum atomic E-state index is 13.3. The van der Waals surface area contributed by atoms with Gasteiger partial charge in [0.25, 0.3) is 17.7 Å². The first-order valence-electron chi connectivity index (χ1n) is 10.7. The Labute approximate surface area is 226 Å². The highest BCUT2D eigenvalue weighted by molar-refractivity contribution is 9.10. The lowest BCUT2D eigenvalue weighted by Crippen LogP contribution is -2.40. The van der Waals surface area contributed by atoms with Crippen LogP contribution < -0.4 is 10.8 Å². The van der Waals surface area contributed by atoms with E-state index in [1.54, 1.807) is 46.1 Å². The van der Waals surface area contributed by atoms with E-state index in [-0.39, 0.29) is 33.7 Å². The van der Waals surface area contributed by atoms with Gasteiger partial charge in [0.2, 0.25) is 0 Å². The Morgan fingerprint density at radius 3 is 2.56 bits per heavy atom. The number of nitrogens with zero attached hydrogens (tertiary/aromatic N) is 4. The van der Waals surface area contributed by atoms with Crippen LogP contribution in [0.15, 0.2) is 41.1 Å². The van der Waals surface area contributed by atoms with Crippen LogP contribution >= 0.6 is 39.1 Å². The number of carbonyl (C=O) groups is 3. The van der Waals surface area contributed by atoms with Crippen LogP contribution in [0.4, 0.5) is 5.69 Å². The minimum absolute atomic E-state index is 0.0431. The number of rotatable bonds is 8. The summed E-state index contributed by atoms with van der Waals surface area (Å²) in [6, 6.07) is 7.76. The minimum Gasteiger partial charge on any atom is -0.346 e. The van der Waals surface area contributed by atoms with Crippen molar-refractivity contribution in [2.24, 2.45) is 0 Å². The van der Waals surface area contributed by atoms with Crippen LogP contribution in [-0.2, 0) is 9.63 Å². The molecule has 0 saturated carbocycles. The lowest BCUT2D eigenvalue weighted by Gasteiger charge is -2.20. The molecule has 3 rings (SSSR count). The number of anilines is 1. The Morgan fingerprint density at radius 2 is 1.92 bits per heavy atom. The van der Waals surface area contributed by atoms with E-state index in [9.17, 15) is 14.4 Å². The van der Waals surface area contributed by atoms with Crippen molar-refractivity contribution in [1.82, 2.24) is 25.1 Å². The first-order chi connectivity index (χ1) is 17.0. The van der Waals surface area contributed by atoms with Crippen LogP contribution in [-0.4, -0.2) is 57.6 Å². The van der Waals surface area contributed by atoms with E-state index >= 15 is 0 Å². The van der Waals surface area contributed by atoms with Crippen LogP contribution in [0.5, 0.6) is 0 Å². The molecule has 36 heavy (non-hydrogen) atoms. The van der Waals surface area contributed by atoms with E-state index in [0.29, 0.717) is 21.6 Å². The van der Waals surface area contributed by atoms with E-state index in [1.165, 1.54) is 27.9 Å². The highest BCUT2D eigenvalue weighted by Gasteiger charge is 2.24. The summed E-state index contributed by atoms with van der Waals surface area (Å²) in [5, 5.41) is 7.57. The molecule has 0 saturated heterocycles. The highest BCUT2D eigenvalue weighted by atomic mass is 79.9. The van der Waals surface area contributed by atoms with Gasteiger partial charge in [0, 0.05) is 31.4 Å². The molecular weight excluding hydrogens is 575 g/mol. The molecule has 190 valence electrons. The Morgan fingerprint density at radius 1 is 1.19 bits per heavy atom. The number of nitrogens with one attached hydrogen (secondary N) is 2. The molecular formula is C23H23BrCl2N6O4. The molecule has 0 radical (unpaired) electrons. The molecule has 0 aliphatic heterocycles. The largest absolute Gasteiger partial charge is 0.346 e. The number of hydrogen-bond donors (Lipinski definition) is 2. The van der Waals surface area contributed by atoms with Crippen molar-refractivity contribution in [2.75, 3.05) is 19.4 Å². The summed E-state index contributed by atoms with van der Waals surface area (Å²) in [6.07, 6.45) is 0.983. The number of likely N-dealkylation sites (N-methyl/N-ethyl adjacent to an activating group) is 1. The van der Waals surface area contributed by atoms with Crippen LogP contribution in [0.1, 0.15) is 39.8 Å². The van der Waals surface area contributed by atoms with Crippen molar-refractivity contribution in [2.45, 2.75) is 26.4 Å². The van der Waals surface area contributed by atoms with Gasteiger partial charge in [0.15, 0.2) is 11.9 Å². The Balaban J connectivity index is 1.91. The summed E-state index contributed by atoms with van der Waals surface area (Å²) in [7, 11) is 3.18. The molecule has 13 heteroatoms. The number of amides is 3. The number of carbonyl (C=O) groups excluding carboxylic acids is 3. The average molecular weight is 598 g/mol. The SMILES string of the molecule is CCC(ONC(=O)c1cc(Cl)cc(C)c1NC(=O)c1cc(Br)nn1-c1ncccc1Cl)C(=O)N(C)C. The normalized spacial score (nSPS) is 11.6. The lowest BCUT2D eigenvalue weighted by molar-refractivity contribution is -0.145. The number of benzene rings is 1. The first-order valence-corrected chi connectivity index (χ1v) is 12.2. The van der Waals surface area contributed by atoms with Crippen molar-refractivity contribution in [1.29, 1.82) is 0 Å². The molecule has 3 aromatic rings. The number of hydroxylamine groups is 1. The quantitative estimate of drug-likeness (QED) is 0.371. The van der Waals surface area contributed by atoms with Gasteiger partial charge >= 0.3 is 0 Å². The average Bonchev–Trinajstić information content (AvgIpc) is 3.22. The van der Waals surface area contributed by atoms with Gasteiger partial charge in [0.1, 0.15) is 10.3 Å². The van der Waals surface area contributed by atoms with E-state index in [4.69, 9.17) is 28.0 Å². The second kappa shape index (κ2) is 11.8. The van der Waals surface area contributed by atoms with Gasteiger partial charge in [-0.2, -0.15) is 5.10 Å². The van der Waals surface area contributed by atoms with Crippen molar-refractivity contribution in [3.8, 4) is 5.82 Å². The topological polar surface area (TPSA) is 118 Å². The molecule has 2 aromatic heterocycles. The Hall–Kier alpha value is -2.99. The lowest BCUT2D eigenvalue weighted by atomic mass is 10.1. The summed E-state index contributed by atoms with van der Waals surface area (Å²) >= 11 is 15.7. The monoisotopic (exact) mass is 596 g/mol. The van der Waals surface area contributed by atoms with Gasteiger partial charge in [-0.3, -0.25) is 19.2 Å². The first kappa shape index (κ1) is 27.6. The molecule has 1 aromatic carbocycles. The smallest absolute Gasteiger partial charge is 0.277 e. The fraction of sp³-hybridized carbons (Fsp3) is 0.261. The molecule has 0 bridgehead atoms. The summed E-state index contributed by atoms with van der Waals surface area (Å²) in [6.45, 7) is 3.44. The maximum absolute atomic E-state index is 13.3. The molecule has 0 aliphatic rings. The molecule has 1 unspecified atom stereocenters. The molecule has 2 N–H and O–H groups in total. The summed E-state index contributed by atoms with van der Waals surface area (Å²) in [5.41, 5.74) is 3.18. The number of halogens is 3. The molecule has 0 fully saturated rings. The van der Waals surface area contributed by atoms with Crippen molar-refractivity contribution >= 4 is 62.5 Å². The van der Waals surface area contributed by atoms with Crippen LogP contribution in [0.2, 0.25) is 10.0 Å². The van der Waals surface area contributed by atoms with E-state index in [0.717, 1.165) is 0 Å². The zero-order valence-electron chi connectivity index (χ0n) is 19.8. The van der Waals surface area contributed by atoms with Crippen LogP contribution in [0.3, 0.4) is 0 Å². The predicted octanol–water partition coefficient (Wildman–Crippen LogP) is 4.43. The molecule has 2 heterocycles. The van der Waals surface area contributed by atoms with Gasteiger partial charge in [-0.05, 0) is 59.1 Å². The maximum Gasteiger partial charge on any atom is 0.277 e. The van der Waals surface area contributed by atoms with Crippen molar-refractivity contribution in [3.63, 3.8) is 0 Å². The van der Waals surface area contributed by atoms with E-state index in [2.05, 4.69) is 36.8 Å². The third-order valence-electron chi connectivity index (χ3n) is 5.02. The second-order valence-corrected chi connectivity index (χ2v) is 9.51. The number of pyridine rings is 1. The third kappa shape index (κ3) is 6.22. The molecule has 3 amide bonds. The van der Waals surface area contributed by atoms with Gasteiger partial charge in [-0.1, -0.05) is 30.1 Å². The van der Waals surface area contributed by atoms with E-state index < -0.39 is 17.9 Å². The van der Waals surface area contributed by atoms with Gasteiger partial charge in [-0.25, -0.2) is 15.1 Å². The molecule has 1 atom stereocenters. The zero-order valence-corrected chi connectivity index (χ0v) is 22.9. The Bertz CT molecular complexity index is 1310. The van der Waals surface area contributed by atoms with Gasteiger partial charge in [0.05, 0.1) is 16.3 Å². The van der Waals surface area contributed by atoms with Gasteiger partial charge < -0.3 is 10.2 Å². The van der Waals surface area contributed by atoms with E-state index in [1.807, 2.05) is 0 Å². The van der Waals surface area contributed by atoms with Crippen molar-refractivity contribution < 1.29 is 19.2 Å². The summed E-state index contributed by atoms with van der Waals surface area (Å²) in [4.78, 5) is 49.5. The predicted molar refractivity (Wildman–Crippen MR) is 140 cm³/mol. The Kier molecular flexibility index (Phi) is 9.07. The highest BCUT2D eigenvalue weighted by Crippen LogP contribution is 2.28. The third-order valence-corrected chi connectivity index (χ3v) is 5.92. The fourth-order valence-corrected chi connectivity index (χ4v) is 4.10. The summed E-state index contributed by atoms with van der Waals surface area (Å²) in [5.74, 6) is -1.32. The number of aromatic nitrogens is 3. The molecule has 0 aliphatic carbocycles. The van der Waals surface area contributed by atoms with Crippen LogP contribution in [0, 0.1) is 6.92 Å². The summed E-state index contributed by atoms with van der Waals surface area (Å²) < 4.78 is 1.67. The second-order valence-electron chi connectivity index (χ2n) is 7.85. The van der Waals surface area contributed by atoms with Crippen molar-refractivity contribution in [3.05, 3.63) is 68.0 Å². The molecule has 0 spiro atoms. The molecule has 10 nitrogen and oxygen atoms in total. The zero-order chi connectivity index (χ0) is 26.6. The van der Waals surface area contributed by atoms with Gasteiger partial charge in [-0.15, -0.1) is 0 Å². The number of aryl methyl sites for hydroxylation is 1. The fourth-order valence-electron chi connectivity index (χ4n) is 3.25.